The number of piperidine rings is 1. The zero-order valence-corrected chi connectivity index (χ0v) is 18.3. The van der Waals surface area contributed by atoms with Crippen molar-refractivity contribution in [2.45, 2.75) is 38.3 Å². The summed E-state index contributed by atoms with van der Waals surface area (Å²) in [5, 5.41) is 2.40. The molecule has 0 N–H and O–H groups in total. The van der Waals surface area contributed by atoms with Gasteiger partial charge in [-0.3, -0.25) is 4.79 Å². The van der Waals surface area contributed by atoms with Gasteiger partial charge in [0.15, 0.2) is 5.78 Å². The van der Waals surface area contributed by atoms with Crippen LogP contribution in [0.15, 0.2) is 47.2 Å². The zero-order chi connectivity index (χ0) is 21.7. The highest BCUT2D eigenvalue weighted by molar-refractivity contribution is 6.15. The van der Waals surface area contributed by atoms with E-state index in [1.165, 1.54) is 27.4 Å². The number of oxazole rings is 1. The largest absolute Gasteiger partial charge is 0.445 e. The minimum Gasteiger partial charge on any atom is -0.445 e. The van der Waals surface area contributed by atoms with E-state index in [2.05, 4.69) is 38.7 Å². The molecule has 6 heteroatoms. The second-order valence-electron chi connectivity index (χ2n) is 8.91. The van der Waals surface area contributed by atoms with Gasteiger partial charge in [-0.05, 0) is 55.2 Å². The summed E-state index contributed by atoms with van der Waals surface area (Å²) < 4.78 is 13.5. The monoisotopic (exact) mass is 429 g/mol. The van der Waals surface area contributed by atoms with E-state index in [4.69, 9.17) is 9.15 Å². The second kappa shape index (κ2) is 7.87. The standard InChI is InChI=1S/C26H27N3O3/c1-31-18-8-11-28(12-9-18)13-14-29-22-5-2-17(26-27-10-15-32-26)16-21(22)25-20-4-7-24(30)19(20)3-6-23(25)29/h2-3,5-6,10,15-16,18H,4,7-9,11-14H2,1H3. The lowest BCUT2D eigenvalue weighted by molar-refractivity contribution is 0.0404. The van der Waals surface area contributed by atoms with Crippen molar-refractivity contribution in [1.29, 1.82) is 0 Å². The Bertz CT molecular complexity index is 1300. The van der Waals surface area contributed by atoms with Gasteiger partial charge in [0, 0.05) is 72.6 Å². The number of likely N-dealkylation sites (tertiary alicyclic amines) is 1. The molecule has 6 rings (SSSR count). The summed E-state index contributed by atoms with van der Waals surface area (Å²) in [6.07, 6.45) is 7.29. The first kappa shape index (κ1) is 19.7. The number of hydrogen-bond donors (Lipinski definition) is 0. The average Bonchev–Trinajstić information content (AvgIpc) is 3.56. The topological polar surface area (TPSA) is 60.5 Å². The van der Waals surface area contributed by atoms with E-state index in [1.807, 2.05) is 13.2 Å². The van der Waals surface area contributed by atoms with Crippen molar-refractivity contribution in [2.24, 2.45) is 0 Å². The number of carbonyl (C=O) groups is 1. The van der Waals surface area contributed by atoms with E-state index in [0.717, 1.165) is 56.6 Å². The molecule has 0 bridgehead atoms. The number of Topliss-reactive ketones (excluding diaryl/α,β-unsaturated/α-hetero) is 1. The molecule has 1 saturated heterocycles. The van der Waals surface area contributed by atoms with Crippen molar-refractivity contribution in [3.63, 3.8) is 0 Å². The van der Waals surface area contributed by atoms with Gasteiger partial charge in [-0.1, -0.05) is 0 Å². The van der Waals surface area contributed by atoms with Gasteiger partial charge in [0.25, 0.3) is 0 Å². The number of carbonyl (C=O) groups excluding carboxylic acids is 1. The van der Waals surface area contributed by atoms with Gasteiger partial charge in [-0.25, -0.2) is 4.98 Å². The summed E-state index contributed by atoms with van der Waals surface area (Å²) in [5.41, 5.74) is 5.46. The first-order valence-corrected chi connectivity index (χ1v) is 11.5. The average molecular weight is 430 g/mol. The maximum absolute atomic E-state index is 12.4. The molecule has 1 fully saturated rings. The van der Waals surface area contributed by atoms with Crippen LogP contribution in [0.4, 0.5) is 0 Å². The van der Waals surface area contributed by atoms with Gasteiger partial charge in [0.2, 0.25) is 5.89 Å². The molecule has 0 radical (unpaired) electrons. The first-order valence-electron chi connectivity index (χ1n) is 11.5. The summed E-state index contributed by atoms with van der Waals surface area (Å²) in [7, 11) is 1.81. The maximum atomic E-state index is 12.4. The van der Waals surface area contributed by atoms with Crippen LogP contribution >= 0.6 is 0 Å². The molecule has 3 heterocycles. The molecule has 0 spiro atoms. The molecule has 164 valence electrons. The molecular formula is C26H27N3O3. The molecule has 6 nitrogen and oxygen atoms in total. The summed E-state index contributed by atoms with van der Waals surface area (Å²) in [6, 6.07) is 10.6. The zero-order valence-electron chi connectivity index (χ0n) is 18.3. The Hall–Kier alpha value is -2.96. The number of methoxy groups -OCH3 is 1. The lowest BCUT2D eigenvalue weighted by atomic mass is 10.0. The maximum Gasteiger partial charge on any atom is 0.225 e. The van der Waals surface area contributed by atoms with E-state index in [1.54, 1.807) is 12.5 Å². The molecule has 0 unspecified atom stereocenters. The minimum absolute atomic E-state index is 0.257. The number of ether oxygens (including phenoxy) is 1. The van der Waals surface area contributed by atoms with Crippen molar-refractivity contribution < 1.29 is 13.9 Å². The Labute approximate surface area is 186 Å². The normalized spacial score (nSPS) is 17.6. The summed E-state index contributed by atoms with van der Waals surface area (Å²) in [6.45, 7) is 4.08. The highest BCUT2D eigenvalue weighted by atomic mass is 16.5. The van der Waals surface area contributed by atoms with Crippen LogP contribution in [0, 0.1) is 0 Å². The van der Waals surface area contributed by atoms with Crippen molar-refractivity contribution in [3.8, 4) is 11.5 Å². The molecule has 0 amide bonds. The number of fused-ring (bicyclic) bond motifs is 5. The van der Waals surface area contributed by atoms with Gasteiger partial charge >= 0.3 is 0 Å². The summed E-state index contributed by atoms with van der Waals surface area (Å²) in [5.74, 6) is 0.880. The van der Waals surface area contributed by atoms with E-state index in [0.29, 0.717) is 18.4 Å². The Morgan fingerprint density at radius 2 is 1.94 bits per heavy atom. The van der Waals surface area contributed by atoms with Crippen LogP contribution in [0.5, 0.6) is 0 Å². The van der Waals surface area contributed by atoms with E-state index >= 15 is 0 Å². The van der Waals surface area contributed by atoms with Crippen LogP contribution < -0.4 is 0 Å². The number of aryl methyl sites for hydroxylation is 1. The Balaban J connectivity index is 1.44. The minimum atomic E-state index is 0.257. The number of rotatable bonds is 5. The Kier molecular flexibility index (Phi) is 4.85. The van der Waals surface area contributed by atoms with Gasteiger partial charge in [0.1, 0.15) is 6.26 Å². The van der Waals surface area contributed by atoms with Crippen LogP contribution in [0.25, 0.3) is 33.3 Å². The molecule has 2 aromatic carbocycles. The van der Waals surface area contributed by atoms with Gasteiger partial charge in [-0.15, -0.1) is 0 Å². The quantitative estimate of drug-likeness (QED) is 0.461. The Morgan fingerprint density at radius 1 is 1.09 bits per heavy atom. The predicted octanol–water partition coefficient (Wildman–Crippen LogP) is 4.69. The first-order chi connectivity index (χ1) is 15.7. The van der Waals surface area contributed by atoms with Crippen LogP contribution in [-0.4, -0.2) is 53.1 Å². The van der Waals surface area contributed by atoms with Crippen molar-refractivity contribution >= 4 is 27.6 Å². The van der Waals surface area contributed by atoms with Crippen molar-refractivity contribution in [3.05, 3.63) is 53.9 Å². The molecule has 1 aliphatic heterocycles. The fourth-order valence-electron chi connectivity index (χ4n) is 5.51. The lowest BCUT2D eigenvalue weighted by Gasteiger charge is -2.31. The number of benzene rings is 2. The van der Waals surface area contributed by atoms with Crippen LogP contribution in [0.2, 0.25) is 0 Å². The third-order valence-corrected chi connectivity index (χ3v) is 7.23. The molecule has 2 aliphatic rings. The molecular weight excluding hydrogens is 402 g/mol. The SMILES string of the molecule is COC1CCN(CCn2c3ccc(-c4ncco4)cc3c3c4c(ccc32)C(=O)CC4)CC1. The number of aromatic nitrogens is 2. The summed E-state index contributed by atoms with van der Waals surface area (Å²) in [4.78, 5) is 19.3. The number of hydrogen-bond acceptors (Lipinski definition) is 5. The smallest absolute Gasteiger partial charge is 0.225 e. The second-order valence-corrected chi connectivity index (χ2v) is 8.91. The fraction of sp³-hybridized carbons (Fsp3) is 0.385. The van der Waals surface area contributed by atoms with E-state index < -0.39 is 0 Å². The Morgan fingerprint density at radius 3 is 2.72 bits per heavy atom. The van der Waals surface area contributed by atoms with Crippen LogP contribution in [-0.2, 0) is 17.7 Å². The van der Waals surface area contributed by atoms with Crippen molar-refractivity contribution in [1.82, 2.24) is 14.5 Å². The fourth-order valence-corrected chi connectivity index (χ4v) is 5.51. The molecule has 0 atom stereocenters. The third-order valence-electron chi connectivity index (χ3n) is 7.23. The molecule has 32 heavy (non-hydrogen) atoms. The molecule has 0 saturated carbocycles. The predicted molar refractivity (Wildman–Crippen MR) is 124 cm³/mol. The lowest BCUT2D eigenvalue weighted by Crippen LogP contribution is -2.38. The van der Waals surface area contributed by atoms with E-state index in [-0.39, 0.29) is 5.78 Å². The molecule has 1 aliphatic carbocycles. The van der Waals surface area contributed by atoms with Crippen LogP contribution in [0.3, 0.4) is 0 Å². The molecule has 2 aromatic heterocycles. The van der Waals surface area contributed by atoms with Crippen molar-refractivity contribution in [2.75, 3.05) is 26.7 Å². The van der Waals surface area contributed by atoms with Gasteiger partial charge in [0.05, 0.1) is 12.3 Å². The summed E-state index contributed by atoms with van der Waals surface area (Å²) >= 11 is 0. The van der Waals surface area contributed by atoms with Crippen LogP contribution in [0.1, 0.15) is 35.2 Å². The van der Waals surface area contributed by atoms with Gasteiger partial charge in [-0.2, -0.15) is 0 Å². The number of nitrogens with zero attached hydrogens (tertiary/aromatic N) is 3. The molecule has 4 aromatic rings. The highest BCUT2D eigenvalue weighted by Gasteiger charge is 2.25. The third kappa shape index (κ3) is 3.17. The van der Waals surface area contributed by atoms with E-state index in [9.17, 15) is 4.79 Å². The van der Waals surface area contributed by atoms with Gasteiger partial charge < -0.3 is 18.6 Å². The number of ketones is 1. The highest BCUT2D eigenvalue weighted by Crippen LogP contribution is 2.38.